The molecule has 1 fully saturated rings. The third-order valence-electron chi connectivity index (χ3n) is 5.40. The van der Waals surface area contributed by atoms with Crippen LogP contribution in [0.15, 0.2) is 60.8 Å². The third kappa shape index (κ3) is 4.53. The number of benzene rings is 2. The lowest BCUT2D eigenvalue weighted by atomic mass is 9.80. The summed E-state index contributed by atoms with van der Waals surface area (Å²) in [5, 5.41) is 3.63. The van der Waals surface area contributed by atoms with Gasteiger partial charge in [0.15, 0.2) is 0 Å². The van der Waals surface area contributed by atoms with Crippen molar-refractivity contribution in [1.82, 2.24) is 4.90 Å². The molecule has 0 aliphatic heterocycles. The summed E-state index contributed by atoms with van der Waals surface area (Å²) in [6, 6.07) is 15.8. The SMILES string of the molecule is C=C(Nc1ccccc1)C(C(c1cccc(Cl)c1F)C(C)C)N(C)C1CC1. The van der Waals surface area contributed by atoms with Gasteiger partial charge in [-0.3, -0.25) is 4.90 Å². The van der Waals surface area contributed by atoms with Gasteiger partial charge < -0.3 is 5.32 Å². The summed E-state index contributed by atoms with van der Waals surface area (Å²) in [7, 11) is 2.12. The molecule has 1 saturated carbocycles. The van der Waals surface area contributed by atoms with Gasteiger partial charge in [0.25, 0.3) is 0 Å². The van der Waals surface area contributed by atoms with E-state index in [9.17, 15) is 4.39 Å². The van der Waals surface area contributed by atoms with E-state index in [1.165, 1.54) is 12.8 Å². The summed E-state index contributed by atoms with van der Waals surface area (Å²) in [4.78, 5) is 2.35. The van der Waals surface area contributed by atoms with Crippen LogP contribution in [0.5, 0.6) is 0 Å². The molecule has 1 aliphatic rings. The van der Waals surface area contributed by atoms with E-state index >= 15 is 0 Å². The average molecular weight is 387 g/mol. The molecule has 4 heteroatoms. The highest BCUT2D eigenvalue weighted by Crippen LogP contribution is 2.40. The highest BCUT2D eigenvalue weighted by Gasteiger charge is 2.39. The van der Waals surface area contributed by atoms with Crippen molar-refractivity contribution >= 4 is 17.3 Å². The lowest BCUT2D eigenvalue weighted by molar-refractivity contribution is 0.204. The molecule has 27 heavy (non-hydrogen) atoms. The van der Waals surface area contributed by atoms with Gasteiger partial charge >= 0.3 is 0 Å². The van der Waals surface area contributed by atoms with Crippen LogP contribution in [0.1, 0.15) is 38.2 Å². The lowest BCUT2D eigenvalue weighted by Crippen LogP contribution is -2.43. The van der Waals surface area contributed by atoms with E-state index in [-0.39, 0.29) is 28.7 Å². The number of anilines is 1. The summed E-state index contributed by atoms with van der Waals surface area (Å²) in [6.45, 7) is 8.62. The standard InChI is InChI=1S/C23H28ClFN2/c1-15(2)21(19-11-8-12-20(24)22(19)25)23(27(4)18-13-14-18)16(3)26-17-9-6-5-7-10-17/h5-12,15,18,21,23,26H,3,13-14H2,1-2,4H3. The summed E-state index contributed by atoms with van der Waals surface area (Å²) in [5.41, 5.74) is 2.53. The Hall–Kier alpha value is -1.84. The Morgan fingerprint density at radius 2 is 1.81 bits per heavy atom. The van der Waals surface area contributed by atoms with Gasteiger partial charge in [-0.05, 0) is 49.6 Å². The van der Waals surface area contributed by atoms with E-state index in [1.54, 1.807) is 6.07 Å². The second-order valence-corrected chi connectivity index (χ2v) is 8.18. The van der Waals surface area contributed by atoms with Crippen molar-refractivity contribution in [3.63, 3.8) is 0 Å². The Labute approximate surface area is 167 Å². The molecule has 1 aliphatic carbocycles. The molecule has 0 saturated heterocycles. The maximum atomic E-state index is 14.9. The molecule has 2 atom stereocenters. The van der Waals surface area contributed by atoms with Crippen molar-refractivity contribution in [1.29, 1.82) is 0 Å². The lowest BCUT2D eigenvalue weighted by Gasteiger charge is -2.39. The van der Waals surface area contributed by atoms with Crippen LogP contribution < -0.4 is 5.32 Å². The molecular weight excluding hydrogens is 359 g/mol. The highest BCUT2D eigenvalue weighted by molar-refractivity contribution is 6.30. The van der Waals surface area contributed by atoms with Gasteiger partial charge in [-0.25, -0.2) is 4.39 Å². The Morgan fingerprint density at radius 1 is 1.15 bits per heavy atom. The van der Waals surface area contributed by atoms with Gasteiger partial charge in [0, 0.05) is 23.3 Å². The van der Waals surface area contributed by atoms with Crippen LogP contribution >= 0.6 is 11.6 Å². The number of likely N-dealkylation sites (N-methyl/N-ethyl adjacent to an activating group) is 1. The van der Waals surface area contributed by atoms with E-state index in [0.29, 0.717) is 11.6 Å². The molecule has 2 aromatic carbocycles. The smallest absolute Gasteiger partial charge is 0.145 e. The van der Waals surface area contributed by atoms with Gasteiger partial charge in [-0.2, -0.15) is 0 Å². The van der Waals surface area contributed by atoms with Crippen molar-refractivity contribution in [3.8, 4) is 0 Å². The minimum Gasteiger partial charge on any atom is -0.358 e. The van der Waals surface area contributed by atoms with Crippen LogP contribution in [-0.2, 0) is 0 Å². The van der Waals surface area contributed by atoms with Crippen molar-refractivity contribution in [2.75, 3.05) is 12.4 Å². The van der Waals surface area contributed by atoms with Crippen molar-refractivity contribution in [3.05, 3.63) is 77.2 Å². The third-order valence-corrected chi connectivity index (χ3v) is 5.69. The van der Waals surface area contributed by atoms with Crippen molar-refractivity contribution < 1.29 is 4.39 Å². The Balaban J connectivity index is 1.98. The number of halogens is 2. The Kier molecular flexibility index (Phi) is 6.23. The Morgan fingerprint density at radius 3 is 2.41 bits per heavy atom. The van der Waals surface area contributed by atoms with E-state index < -0.39 is 0 Å². The molecule has 2 aromatic rings. The number of para-hydroxylation sites is 1. The predicted octanol–water partition coefficient (Wildman–Crippen LogP) is 6.31. The van der Waals surface area contributed by atoms with Gasteiger partial charge in [0.05, 0.1) is 11.1 Å². The van der Waals surface area contributed by atoms with E-state index in [1.807, 2.05) is 42.5 Å². The summed E-state index contributed by atoms with van der Waals surface area (Å²) >= 11 is 6.10. The minimum atomic E-state index is -0.320. The zero-order chi connectivity index (χ0) is 19.6. The molecule has 0 aromatic heterocycles. The minimum absolute atomic E-state index is 0.0364. The molecular formula is C23H28ClFN2. The number of hydrogen-bond acceptors (Lipinski definition) is 2. The fourth-order valence-corrected chi connectivity index (χ4v) is 4.06. The molecule has 0 radical (unpaired) electrons. The van der Waals surface area contributed by atoms with Gasteiger partial charge in [-0.15, -0.1) is 0 Å². The fraction of sp³-hybridized carbons (Fsp3) is 0.391. The van der Waals surface area contributed by atoms with Crippen LogP contribution in [0.25, 0.3) is 0 Å². The first-order valence-corrected chi connectivity index (χ1v) is 9.94. The monoisotopic (exact) mass is 386 g/mol. The highest BCUT2D eigenvalue weighted by atomic mass is 35.5. The molecule has 0 amide bonds. The van der Waals surface area contributed by atoms with Gasteiger partial charge in [0.1, 0.15) is 5.82 Å². The zero-order valence-electron chi connectivity index (χ0n) is 16.3. The van der Waals surface area contributed by atoms with Crippen LogP contribution in [0.3, 0.4) is 0 Å². The number of nitrogens with zero attached hydrogens (tertiary/aromatic N) is 1. The molecule has 0 spiro atoms. The first kappa shape index (κ1) is 19.9. The largest absolute Gasteiger partial charge is 0.358 e. The zero-order valence-corrected chi connectivity index (χ0v) is 17.0. The predicted molar refractivity (Wildman–Crippen MR) is 113 cm³/mol. The molecule has 2 nitrogen and oxygen atoms in total. The summed E-state index contributed by atoms with van der Waals surface area (Å²) in [5.74, 6) is -0.156. The molecule has 3 rings (SSSR count). The maximum absolute atomic E-state index is 14.9. The van der Waals surface area contributed by atoms with Crippen molar-refractivity contribution in [2.24, 2.45) is 5.92 Å². The van der Waals surface area contributed by atoms with Gasteiger partial charge in [0.2, 0.25) is 0 Å². The summed E-state index contributed by atoms with van der Waals surface area (Å²) < 4.78 is 14.9. The molecule has 144 valence electrons. The quantitative estimate of drug-likeness (QED) is 0.572. The topological polar surface area (TPSA) is 15.3 Å². The second kappa shape index (κ2) is 8.45. The number of nitrogens with one attached hydrogen (secondary N) is 1. The van der Waals surface area contributed by atoms with E-state index in [0.717, 1.165) is 11.4 Å². The summed E-state index contributed by atoms with van der Waals surface area (Å²) in [6.07, 6.45) is 2.35. The second-order valence-electron chi connectivity index (χ2n) is 7.77. The van der Waals surface area contributed by atoms with Crippen LogP contribution in [-0.4, -0.2) is 24.0 Å². The number of hydrogen-bond donors (Lipinski definition) is 1. The molecule has 1 N–H and O–H groups in total. The Bertz CT molecular complexity index is 786. The average Bonchev–Trinajstić information content (AvgIpc) is 3.47. The van der Waals surface area contributed by atoms with Crippen molar-refractivity contribution in [2.45, 2.75) is 44.7 Å². The fourth-order valence-electron chi connectivity index (χ4n) is 3.88. The van der Waals surface area contributed by atoms with Crippen LogP contribution in [0.2, 0.25) is 5.02 Å². The molecule has 0 bridgehead atoms. The van der Waals surface area contributed by atoms with E-state index in [2.05, 4.69) is 37.7 Å². The normalized spacial score (nSPS) is 16.4. The first-order chi connectivity index (χ1) is 12.9. The van der Waals surface area contributed by atoms with Crippen LogP contribution in [0, 0.1) is 11.7 Å². The van der Waals surface area contributed by atoms with E-state index in [4.69, 9.17) is 11.6 Å². The molecule has 0 heterocycles. The number of rotatable bonds is 8. The van der Waals surface area contributed by atoms with Gasteiger partial charge in [-0.1, -0.05) is 62.4 Å². The molecule has 2 unspecified atom stereocenters. The first-order valence-electron chi connectivity index (χ1n) is 9.57. The van der Waals surface area contributed by atoms with Crippen LogP contribution in [0.4, 0.5) is 10.1 Å². The maximum Gasteiger partial charge on any atom is 0.145 e.